The molecule has 6 atom stereocenters. The molecule has 2 aliphatic heterocycles. The van der Waals surface area contributed by atoms with Crippen molar-refractivity contribution >= 4 is 55.0 Å². The van der Waals surface area contributed by atoms with E-state index in [1.165, 1.54) is 14.2 Å². The van der Waals surface area contributed by atoms with Crippen molar-refractivity contribution in [1.82, 2.24) is 0 Å². The first-order valence-electron chi connectivity index (χ1n) is 14.6. The quantitative estimate of drug-likeness (QED) is 0.0951. The van der Waals surface area contributed by atoms with Gasteiger partial charge in [0.25, 0.3) is 3.79 Å². The Morgan fingerprint density at radius 3 is 2.11 bits per heavy atom. The lowest BCUT2D eigenvalue weighted by molar-refractivity contribution is -0.193. The van der Waals surface area contributed by atoms with Crippen LogP contribution >= 0.6 is 34.8 Å². The number of carbonyl (C=O) groups excluding carboxylic acids is 1. The number of carbonyl (C=O) groups is 1. The number of esters is 1. The Morgan fingerprint density at radius 1 is 1.09 bits per heavy atom. The minimum Gasteiger partial charge on any atom is -0.469 e. The Labute approximate surface area is 283 Å². The third kappa shape index (κ3) is 10.9. The Hall–Kier alpha value is -0.763. The maximum atomic E-state index is 14.0. The van der Waals surface area contributed by atoms with Gasteiger partial charge < -0.3 is 42.3 Å². The summed E-state index contributed by atoms with van der Waals surface area (Å²) in [5, 5.41) is 10.4. The smallest absolute Gasteiger partial charge is 0.353 e. The van der Waals surface area contributed by atoms with Crippen molar-refractivity contribution in [3.63, 3.8) is 0 Å². The summed E-state index contributed by atoms with van der Waals surface area (Å²) in [5.74, 6) is -2.01. The van der Waals surface area contributed by atoms with Gasteiger partial charge in [-0.15, -0.1) is 0 Å². The lowest BCUT2D eigenvalue weighted by Crippen LogP contribution is -2.58. The predicted molar refractivity (Wildman–Crippen MR) is 172 cm³/mol. The number of methoxy groups -OCH3 is 2. The largest absolute Gasteiger partial charge is 0.469 e. The molecule has 0 aliphatic carbocycles. The number of aliphatic imine (C=N–C) groups is 1. The van der Waals surface area contributed by atoms with Gasteiger partial charge >= 0.3 is 5.97 Å². The lowest BCUT2D eigenvalue weighted by Gasteiger charge is -2.43. The van der Waals surface area contributed by atoms with Crippen LogP contribution in [-0.2, 0) is 47.1 Å². The summed E-state index contributed by atoms with van der Waals surface area (Å²) in [6.45, 7) is 18.3. The van der Waals surface area contributed by atoms with Crippen LogP contribution in [-0.4, -0.2) is 106 Å². The average molecular weight is 720 g/mol. The van der Waals surface area contributed by atoms with E-state index in [9.17, 15) is 10.1 Å². The zero-order chi connectivity index (χ0) is 34.6. The normalized spacial score (nSPS) is 25.1. The average Bonchev–Trinajstić information content (AvgIpc) is 3.48. The van der Waals surface area contributed by atoms with Crippen LogP contribution in [0.3, 0.4) is 0 Å². The molecule has 45 heavy (non-hydrogen) atoms. The SMILES string of the molecule is COCO[C@@H]([C@@H]1OC(C(Cl)(Cl)Cl)=N[C@@H]1[C@H](CC(C#N)(O[Si](C)(C)C(C)(C)C)C(=O)OC(C)(C)C)OCOC)[C@H]1COC(C)(C)O1. The number of alkyl halides is 3. The number of halogens is 3. The maximum Gasteiger partial charge on any atom is 0.353 e. The molecule has 12 nitrogen and oxygen atoms in total. The minimum atomic E-state index is -2.79. The molecule has 0 amide bonds. The fourth-order valence-corrected chi connectivity index (χ4v) is 6.19. The molecule has 0 saturated carbocycles. The third-order valence-corrected chi connectivity index (χ3v) is 12.6. The molecule has 0 spiro atoms. The maximum absolute atomic E-state index is 14.0. The van der Waals surface area contributed by atoms with E-state index < -0.39 is 65.5 Å². The first kappa shape index (κ1) is 40.4. The van der Waals surface area contributed by atoms with Crippen LogP contribution in [0.2, 0.25) is 18.1 Å². The van der Waals surface area contributed by atoms with Crippen molar-refractivity contribution in [2.24, 2.45) is 4.99 Å². The topological polar surface area (TPSA) is 136 Å². The second kappa shape index (κ2) is 15.2. The number of hydrogen-bond acceptors (Lipinski definition) is 12. The van der Waals surface area contributed by atoms with Gasteiger partial charge in [0.05, 0.1) is 12.7 Å². The molecule has 0 aromatic rings. The van der Waals surface area contributed by atoms with E-state index in [-0.39, 0.29) is 37.5 Å². The fraction of sp³-hybridized carbons (Fsp3) is 0.897. The molecule has 2 heterocycles. The molecule has 0 aromatic carbocycles. The molecule has 1 saturated heterocycles. The van der Waals surface area contributed by atoms with Gasteiger partial charge in [0.15, 0.2) is 20.2 Å². The van der Waals surface area contributed by atoms with E-state index in [0.717, 1.165) is 0 Å². The molecule has 0 N–H and O–H groups in total. The minimum absolute atomic E-state index is 0.140. The highest BCUT2D eigenvalue weighted by atomic mass is 35.6. The van der Waals surface area contributed by atoms with Crippen molar-refractivity contribution in [2.75, 3.05) is 34.4 Å². The van der Waals surface area contributed by atoms with E-state index in [4.69, 9.17) is 77.1 Å². The summed E-state index contributed by atoms with van der Waals surface area (Å²) in [6.07, 6.45) is -3.98. The predicted octanol–water partition coefficient (Wildman–Crippen LogP) is 5.67. The molecule has 260 valence electrons. The van der Waals surface area contributed by atoms with Crippen LogP contribution in [0.4, 0.5) is 0 Å². The Balaban J connectivity index is 2.72. The Morgan fingerprint density at radius 2 is 1.67 bits per heavy atom. The zero-order valence-corrected chi connectivity index (χ0v) is 31.6. The zero-order valence-electron chi connectivity index (χ0n) is 28.3. The summed E-state index contributed by atoms with van der Waals surface area (Å²) < 4.78 is 51.1. The van der Waals surface area contributed by atoms with Crippen molar-refractivity contribution in [3.8, 4) is 6.07 Å². The van der Waals surface area contributed by atoms with Gasteiger partial charge in [-0.05, 0) is 52.8 Å². The van der Waals surface area contributed by atoms with Crippen molar-refractivity contribution in [3.05, 3.63) is 0 Å². The molecular formula is C29H49Cl3N2O10Si. The van der Waals surface area contributed by atoms with Gasteiger partial charge in [-0.1, -0.05) is 55.6 Å². The molecular weight excluding hydrogens is 671 g/mol. The van der Waals surface area contributed by atoms with Crippen molar-refractivity contribution < 1.29 is 47.1 Å². The van der Waals surface area contributed by atoms with Gasteiger partial charge in [-0.3, -0.25) is 0 Å². The first-order chi connectivity index (χ1) is 20.4. The Bertz CT molecular complexity index is 1080. The van der Waals surface area contributed by atoms with Gasteiger partial charge in [-0.2, -0.15) is 5.26 Å². The first-order valence-corrected chi connectivity index (χ1v) is 18.7. The van der Waals surface area contributed by atoms with Crippen LogP contribution in [0.1, 0.15) is 61.8 Å². The monoisotopic (exact) mass is 718 g/mol. The molecule has 0 radical (unpaired) electrons. The highest BCUT2D eigenvalue weighted by Gasteiger charge is 2.57. The van der Waals surface area contributed by atoms with E-state index in [0.29, 0.717) is 0 Å². The highest BCUT2D eigenvalue weighted by molar-refractivity contribution is 6.76. The molecule has 2 rings (SSSR count). The van der Waals surface area contributed by atoms with Gasteiger partial charge in [0.1, 0.15) is 43.5 Å². The lowest BCUT2D eigenvalue weighted by atomic mass is 9.89. The Kier molecular flexibility index (Phi) is 13.6. The van der Waals surface area contributed by atoms with Crippen molar-refractivity contribution in [1.29, 1.82) is 5.26 Å². The van der Waals surface area contributed by atoms with Crippen molar-refractivity contribution in [2.45, 2.75) is 131 Å². The van der Waals surface area contributed by atoms with Crippen LogP contribution in [0.25, 0.3) is 0 Å². The van der Waals surface area contributed by atoms with Gasteiger partial charge in [0.2, 0.25) is 11.5 Å². The second-order valence-corrected chi connectivity index (χ2v) is 21.0. The van der Waals surface area contributed by atoms with Gasteiger partial charge in [-0.25, -0.2) is 9.79 Å². The summed E-state index contributed by atoms with van der Waals surface area (Å²) in [4.78, 5) is 18.6. The number of ether oxygens (including phenoxy) is 8. The second-order valence-electron chi connectivity index (χ2n) is 14.0. The summed E-state index contributed by atoms with van der Waals surface area (Å²) in [5.41, 5.74) is -3.04. The highest BCUT2D eigenvalue weighted by Crippen LogP contribution is 2.43. The number of nitriles is 1. The molecule has 0 bridgehead atoms. The number of hydrogen-bond donors (Lipinski definition) is 0. The third-order valence-electron chi connectivity index (χ3n) is 7.61. The van der Waals surface area contributed by atoms with Crippen LogP contribution in [0.15, 0.2) is 4.99 Å². The summed E-state index contributed by atoms with van der Waals surface area (Å²) in [6, 6.07) is 1.12. The van der Waals surface area contributed by atoms with Gasteiger partial charge in [0, 0.05) is 20.6 Å². The molecule has 2 aliphatic rings. The molecule has 16 heteroatoms. The molecule has 0 aromatic heterocycles. The summed E-state index contributed by atoms with van der Waals surface area (Å²) in [7, 11) is 0.108. The number of nitrogens with zero attached hydrogens (tertiary/aromatic N) is 2. The van der Waals surface area contributed by atoms with Crippen LogP contribution in [0, 0.1) is 11.3 Å². The number of rotatable bonds is 14. The molecule has 1 unspecified atom stereocenters. The fourth-order valence-electron chi connectivity index (χ4n) is 4.52. The molecule has 1 fully saturated rings. The van der Waals surface area contributed by atoms with Crippen LogP contribution < -0.4 is 0 Å². The van der Waals surface area contributed by atoms with E-state index in [2.05, 4.69) is 11.1 Å². The van der Waals surface area contributed by atoms with E-state index in [1.54, 1.807) is 34.6 Å². The van der Waals surface area contributed by atoms with Crippen LogP contribution in [0.5, 0.6) is 0 Å². The summed E-state index contributed by atoms with van der Waals surface area (Å²) >= 11 is 18.8. The standard InChI is InChI=1S/C29H49Cl3N2O10Si/c1-25(2,3)43-24(35)28(15-33,44-45(11,12)26(4,5)6)13-18(38-16-36-9)20-22(41-23(34-20)29(30,31)32)21(39-17-37-10)19-14-40-27(7,8)42-19/h18-22H,13-14,16-17H2,1-12H3/t18-,19+,20+,21+,22+,28?/m0/s1. The van der Waals surface area contributed by atoms with E-state index in [1.807, 2.05) is 33.9 Å². The van der Waals surface area contributed by atoms with E-state index >= 15 is 0 Å².